The fourth-order valence-electron chi connectivity index (χ4n) is 1.36. The second kappa shape index (κ2) is 2.27. The molecule has 1 aliphatic rings. The van der Waals surface area contributed by atoms with E-state index in [4.69, 9.17) is 5.11 Å². The van der Waals surface area contributed by atoms with Crippen LogP contribution in [0.15, 0.2) is 0 Å². The van der Waals surface area contributed by atoms with Crippen molar-refractivity contribution in [3.05, 3.63) is 0 Å². The van der Waals surface area contributed by atoms with Gasteiger partial charge in [0.15, 0.2) is 0 Å². The zero-order valence-electron chi connectivity index (χ0n) is 6.22. The maximum absolute atomic E-state index is 8.95. The van der Waals surface area contributed by atoms with Gasteiger partial charge in [0, 0.05) is 5.54 Å². The minimum atomic E-state index is 0.0833. The Balaban J connectivity index is 2.56. The molecule has 0 amide bonds. The number of hydrogen-bond acceptors (Lipinski definition) is 2. The van der Waals surface area contributed by atoms with E-state index in [0.717, 1.165) is 13.0 Å². The highest BCUT2D eigenvalue weighted by atomic mass is 16.3. The molecule has 0 bridgehead atoms. The molecule has 1 heterocycles. The SMILES string of the molecule is CN1CCCC1(C)CO. The van der Waals surface area contributed by atoms with Crippen LogP contribution in [-0.4, -0.2) is 35.7 Å². The van der Waals surface area contributed by atoms with Crippen LogP contribution in [0.1, 0.15) is 19.8 Å². The summed E-state index contributed by atoms with van der Waals surface area (Å²) < 4.78 is 0. The number of hydrogen-bond donors (Lipinski definition) is 1. The standard InChI is InChI=1S/C7H15NO/c1-7(6-9)4-3-5-8(7)2/h9H,3-6H2,1-2H3. The second-order valence-corrected chi connectivity index (χ2v) is 3.18. The van der Waals surface area contributed by atoms with Crippen LogP contribution >= 0.6 is 0 Å². The molecule has 0 spiro atoms. The summed E-state index contributed by atoms with van der Waals surface area (Å²) in [5.74, 6) is 0. The zero-order valence-corrected chi connectivity index (χ0v) is 6.22. The Hall–Kier alpha value is -0.0800. The molecule has 9 heavy (non-hydrogen) atoms. The van der Waals surface area contributed by atoms with Crippen LogP contribution < -0.4 is 0 Å². The van der Waals surface area contributed by atoms with Crippen LogP contribution in [0.5, 0.6) is 0 Å². The maximum Gasteiger partial charge on any atom is 0.0612 e. The van der Waals surface area contributed by atoms with Crippen molar-refractivity contribution < 1.29 is 5.11 Å². The van der Waals surface area contributed by atoms with Crippen molar-refractivity contribution in [1.82, 2.24) is 4.90 Å². The van der Waals surface area contributed by atoms with Gasteiger partial charge in [-0.1, -0.05) is 0 Å². The molecule has 1 unspecified atom stereocenters. The number of nitrogens with zero attached hydrogens (tertiary/aromatic N) is 1. The third-order valence-electron chi connectivity index (χ3n) is 2.47. The quantitative estimate of drug-likeness (QED) is 0.556. The first-order valence-corrected chi connectivity index (χ1v) is 3.51. The van der Waals surface area contributed by atoms with Gasteiger partial charge in [-0.25, -0.2) is 0 Å². The highest BCUT2D eigenvalue weighted by molar-refractivity contribution is 4.88. The molecule has 0 aromatic rings. The minimum Gasteiger partial charge on any atom is -0.394 e. The van der Waals surface area contributed by atoms with Crippen LogP contribution in [0.3, 0.4) is 0 Å². The second-order valence-electron chi connectivity index (χ2n) is 3.18. The van der Waals surface area contributed by atoms with Crippen molar-refractivity contribution in [2.45, 2.75) is 25.3 Å². The smallest absolute Gasteiger partial charge is 0.0612 e. The summed E-state index contributed by atoms with van der Waals surface area (Å²) >= 11 is 0. The highest BCUT2D eigenvalue weighted by Gasteiger charge is 2.32. The van der Waals surface area contributed by atoms with Gasteiger partial charge in [-0.15, -0.1) is 0 Å². The van der Waals surface area contributed by atoms with E-state index < -0.39 is 0 Å². The normalized spacial score (nSPS) is 37.7. The van der Waals surface area contributed by atoms with Gasteiger partial charge in [0.05, 0.1) is 6.61 Å². The summed E-state index contributed by atoms with van der Waals surface area (Å²) in [6, 6.07) is 0. The Morgan fingerprint density at radius 2 is 2.33 bits per heavy atom. The molecule has 1 rings (SSSR count). The molecule has 2 heteroatoms. The van der Waals surface area contributed by atoms with Crippen molar-refractivity contribution in [3.8, 4) is 0 Å². The minimum absolute atomic E-state index is 0.0833. The van der Waals surface area contributed by atoms with Crippen molar-refractivity contribution in [3.63, 3.8) is 0 Å². The first-order chi connectivity index (χ1) is 4.19. The third-order valence-corrected chi connectivity index (χ3v) is 2.47. The lowest BCUT2D eigenvalue weighted by atomic mass is 10.0. The molecule has 0 aromatic carbocycles. The molecule has 0 saturated carbocycles. The van der Waals surface area contributed by atoms with E-state index in [2.05, 4.69) is 18.9 Å². The lowest BCUT2D eigenvalue weighted by molar-refractivity contribution is 0.100. The fraction of sp³-hybridized carbons (Fsp3) is 1.00. The van der Waals surface area contributed by atoms with Crippen molar-refractivity contribution in [2.24, 2.45) is 0 Å². The molecule has 1 saturated heterocycles. The summed E-state index contributed by atoms with van der Waals surface area (Å²) in [6.07, 6.45) is 2.37. The van der Waals surface area contributed by atoms with E-state index in [1.807, 2.05) is 0 Å². The predicted molar refractivity (Wildman–Crippen MR) is 37.4 cm³/mol. The Kier molecular flexibility index (Phi) is 1.78. The number of likely N-dealkylation sites (tertiary alicyclic amines) is 1. The average molecular weight is 129 g/mol. The molecular formula is C7H15NO. The van der Waals surface area contributed by atoms with Gasteiger partial charge in [-0.05, 0) is 33.4 Å². The number of aliphatic hydroxyl groups is 1. The molecule has 1 fully saturated rings. The number of likely N-dealkylation sites (N-methyl/N-ethyl adjacent to an activating group) is 1. The molecule has 0 aromatic heterocycles. The molecule has 1 atom stereocenters. The summed E-state index contributed by atoms with van der Waals surface area (Å²) in [7, 11) is 2.07. The van der Waals surface area contributed by atoms with Crippen molar-refractivity contribution in [1.29, 1.82) is 0 Å². The first kappa shape index (κ1) is 7.03. The van der Waals surface area contributed by atoms with Gasteiger partial charge in [-0.3, -0.25) is 4.90 Å². The van der Waals surface area contributed by atoms with Crippen LogP contribution in [0.2, 0.25) is 0 Å². The predicted octanol–water partition coefficient (Wildman–Crippen LogP) is 0.463. The van der Waals surface area contributed by atoms with E-state index in [9.17, 15) is 0 Å². The van der Waals surface area contributed by atoms with Gasteiger partial charge < -0.3 is 5.11 Å². The molecule has 2 nitrogen and oxygen atoms in total. The molecule has 54 valence electrons. The van der Waals surface area contributed by atoms with Crippen LogP contribution in [0.25, 0.3) is 0 Å². The summed E-state index contributed by atoms with van der Waals surface area (Å²) in [6.45, 7) is 3.54. The summed E-state index contributed by atoms with van der Waals surface area (Å²) in [5.41, 5.74) is 0.0833. The van der Waals surface area contributed by atoms with E-state index in [-0.39, 0.29) is 5.54 Å². The van der Waals surface area contributed by atoms with Crippen LogP contribution in [-0.2, 0) is 0 Å². The third kappa shape index (κ3) is 1.10. The lowest BCUT2D eigenvalue weighted by Crippen LogP contribution is -2.41. The van der Waals surface area contributed by atoms with Gasteiger partial charge in [0.25, 0.3) is 0 Å². The Bertz CT molecular complexity index is 105. The van der Waals surface area contributed by atoms with E-state index in [0.29, 0.717) is 6.61 Å². The first-order valence-electron chi connectivity index (χ1n) is 3.51. The largest absolute Gasteiger partial charge is 0.394 e. The molecular weight excluding hydrogens is 114 g/mol. The molecule has 0 aliphatic carbocycles. The van der Waals surface area contributed by atoms with Crippen LogP contribution in [0, 0.1) is 0 Å². The Morgan fingerprint density at radius 3 is 2.56 bits per heavy atom. The van der Waals surface area contributed by atoms with Gasteiger partial charge in [0.1, 0.15) is 0 Å². The van der Waals surface area contributed by atoms with Crippen molar-refractivity contribution in [2.75, 3.05) is 20.2 Å². The van der Waals surface area contributed by atoms with Gasteiger partial charge >= 0.3 is 0 Å². The zero-order chi connectivity index (χ0) is 6.91. The maximum atomic E-state index is 8.95. The van der Waals surface area contributed by atoms with Gasteiger partial charge in [-0.2, -0.15) is 0 Å². The Labute approximate surface area is 56.5 Å². The molecule has 0 radical (unpaired) electrons. The fourth-order valence-corrected chi connectivity index (χ4v) is 1.36. The molecule has 1 aliphatic heterocycles. The average Bonchev–Trinajstić information content (AvgIpc) is 2.15. The monoisotopic (exact) mass is 129 g/mol. The number of rotatable bonds is 1. The van der Waals surface area contributed by atoms with Crippen molar-refractivity contribution >= 4 is 0 Å². The van der Waals surface area contributed by atoms with E-state index >= 15 is 0 Å². The topological polar surface area (TPSA) is 23.5 Å². The van der Waals surface area contributed by atoms with Crippen LogP contribution in [0.4, 0.5) is 0 Å². The summed E-state index contributed by atoms with van der Waals surface area (Å²) in [4.78, 5) is 2.23. The van der Waals surface area contributed by atoms with E-state index in [1.54, 1.807) is 0 Å². The molecule has 1 N–H and O–H groups in total. The Morgan fingerprint density at radius 1 is 1.67 bits per heavy atom. The van der Waals surface area contributed by atoms with E-state index in [1.165, 1.54) is 6.42 Å². The van der Waals surface area contributed by atoms with Gasteiger partial charge in [0.2, 0.25) is 0 Å². The lowest BCUT2D eigenvalue weighted by Gasteiger charge is -2.29. The highest BCUT2D eigenvalue weighted by Crippen LogP contribution is 2.25. The number of aliphatic hydroxyl groups excluding tert-OH is 1. The summed E-state index contributed by atoms with van der Waals surface area (Å²) in [5, 5.41) is 8.95.